The Labute approximate surface area is 185 Å². The molecule has 1 aliphatic heterocycles. The van der Waals surface area contributed by atoms with Gasteiger partial charge in [0.2, 0.25) is 0 Å². The largest absolute Gasteiger partial charge is 0.489 e. The zero-order valence-electron chi connectivity index (χ0n) is 17.5. The molecular weight excluding hydrogens is 406 g/mol. The first-order valence-electron chi connectivity index (χ1n) is 10.7. The Balaban J connectivity index is 1.12. The van der Waals surface area contributed by atoms with Crippen molar-refractivity contribution in [2.45, 2.75) is 19.4 Å². The van der Waals surface area contributed by atoms with Crippen molar-refractivity contribution in [3.05, 3.63) is 78.6 Å². The Hall–Kier alpha value is -3.87. The number of ether oxygens (including phenoxy) is 2. The van der Waals surface area contributed by atoms with Crippen molar-refractivity contribution in [3.63, 3.8) is 0 Å². The molecule has 5 rings (SSSR count). The van der Waals surface area contributed by atoms with E-state index >= 15 is 0 Å². The molecule has 0 unspecified atom stereocenters. The summed E-state index contributed by atoms with van der Waals surface area (Å²) >= 11 is 0. The number of nitrogens with zero attached hydrogens (tertiary/aromatic N) is 3. The number of pyridine rings is 1. The maximum Gasteiger partial charge on any atom is 0.314 e. The van der Waals surface area contributed by atoms with Crippen LogP contribution in [0.1, 0.15) is 18.4 Å². The SMILES string of the molecule is O=C(Oc1ccc(OCc2ccncc2)cc1)C1CCN(c2nc3ccccc3o2)CC1. The third kappa shape index (κ3) is 4.56. The fourth-order valence-electron chi connectivity index (χ4n) is 3.75. The summed E-state index contributed by atoms with van der Waals surface area (Å²) in [5.74, 6) is 0.895. The topological polar surface area (TPSA) is 77.7 Å². The fraction of sp³-hybridized carbons (Fsp3) is 0.240. The molecule has 1 aliphatic rings. The van der Waals surface area contributed by atoms with Crippen molar-refractivity contribution in [2.75, 3.05) is 18.0 Å². The average Bonchev–Trinajstić information content (AvgIpc) is 3.29. The molecule has 1 saturated heterocycles. The Morgan fingerprint density at radius 2 is 1.69 bits per heavy atom. The van der Waals surface area contributed by atoms with E-state index in [2.05, 4.69) is 14.9 Å². The predicted octanol–water partition coefficient (Wildman–Crippen LogP) is 4.62. The third-order valence-electron chi connectivity index (χ3n) is 5.58. The molecule has 1 fully saturated rings. The Morgan fingerprint density at radius 1 is 0.969 bits per heavy atom. The normalized spacial score (nSPS) is 14.4. The summed E-state index contributed by atoms with van der Waals surface area (Å²) in [4.78, 5) is 23.2. The van der Waals surface area contributed by atoms with Gasteiger partial charge in [0.25, 0.3) is 6.01 Å². The number of fused-ring (bicyclic) bond motifs is 1. The Morgan fingerprint density at radius 3 is 2.44 bits per heavy atom. The van der Waals surface area contributed by atoms with E-state index in [-0.39, 0.29) is 11.9 Å². The highest BCUT2D eigenvalue weighted by atomic mass is 16.5. The molecule has 0 aliphatic carbocycles. The summed E-state index contributed by atoms with van der Waals surface area (Å²) in [6.07, 6.45) is 4.87. The second kappa shape index (κ2) is 9.09. The van der Waals surface area contributed by atoms with Crippen LogP contribution in [0.2, 0.25) is 0 Å². The molecule has 162 valence electrons. The lowest BCUT2D eigenvalue weighted by atomic mass is 9.97. The number of hydrogen-bond acceptors (Lipinski definition) is 7. The molecule has 0 atom stereocenters. The second-order valence-electron chi connectivity index (χ2n) is 7.76. The highest BCUT2D eigenvalue weighted by Gasteiger charge is 2.28. The van der Waals surface area contributed by atoms with Crippen LogP contribution in [-0.4, -0.2) is 29.0 Å². The number of hydrogen-bond donors (Lipinski definition) is 0. The molecule has 0 radical (unpaired) electrons. The molecule has 2 aromatic carbocycles. The van der Waals surface area contributed by atoms with E-state index in [4.69, 9.17) is 13.9 Å². The van der Waals surface area contributed by atoms with Crippen LogP contribution in [0.5, 0.6) is 11.5 Å². The minimum Gasteiger partial charge on any atom is -0.489 e. The first-order chi connectivity index (χ1) is 15.7. The van der Waals surface area contributed by atoms with Crippen molar-refractivity contribution in [3.8, 4) is 11.5 Å². The molecule has 0 bridgehead atoms. The first kappa shape index (κ1) is 20.1. The molecule has 2 aromatic heterocycles. The highest BCUT2D eigenvalue weighted by Crippen LogP contribution is 2.27. The zero-order valence-corrected chi connectivity index (χ0v) is 17.5. The van der Waals surface area contributed by atoms with Crippen LogP contribution in [0, 0.1) is 5.92 Å². The molecule has 7 nitrogen and oxygen atoms in total. The Kier molecular flexibility index (Phi) is 5.70. The minimum absolute atomic E-state index is 0.141. The van der Waals surface area contributed by atoms with Gasteiger partial charge in [-0.1, -0.05) is 12.1 Å². The van der Waals surface area contributed by atoms with Crippen LogP contribution in [0.15, 0.2) is 77.5 Å². The minimum atomic E-state index is -0.201. The van der Waals surface area contributed by atoms with Gasteiger partial charge in [0, 0.05) is 25.5 Å². The van der Waals surface area contributed by atoms with Crippen LogP contribution >= 0.6 is 0 Å². The van der Waals surface area contributed by atoms with Crippen LogP contribution in [-0.2, 0) is 11.4 Å². The smallest absolute Gasteiger partial charge is 0.314 e. The van der Waals surface area contributed by atoms with E-state index in [0.29, 0.717) is 50.1 Å². The van der Waals surface area contributed by atoms with Crippen LogP contribution in [0.3, 0.4) is 0 Å². The van der Waals surface area contributed by atoms with Gasteiger partial charge in [-0.25, -0.2) is 0 Å². The van der Waals surface area contributed by atoms with E-state index in [9.17, 15) is 4.79 Å². The molecule has 7 heteroatoms. The highest BCUT2D eigenvalue weighted by molar-refractivity contribution is 5.76. The van der Waals surface area contributed by atoms with Gasteiger partial charge in [-0.15, -0.1) is 0 Å². The van der Waals surface area contributed by atoms with Gasteiger partial charge in [-0.2, -0.15) is 4.98 Å². The van der Waals surface area contributed by atoms with Gasteiger partial charge < -0.3 is 18.8 Å². The van der Waals surface area contributed by atoms with Crippen LogP contribution < -0.4 is 14.4 Å². The van der Waals surface area contributed by atoms with Crippen LogP contribution in [0.25, 0.3) is 11.1 Å². The average molecular weight is 429 g/mol. The van der Waals surface area contributed by atoms with Crippen molar-refractivity contribution in [1.82, 2.24) is 9.97 Å². The maximum absolute atomic E-state index is 12.6. The molecule has 32 heavy (non-hydrogen) atoms. The molecule has 0 amide bonds. The summed E-state index contributed by atoms with van der Waals surface area (Å²) in [7, 11) is 0. The molecule has 4 aromatic rings. The summed E-state index contributed by atoms with van der Waals surface area (Å²) in [5.41, 5.74) is 2.66. The predicted molar refractivity (Wildman–Crippen MR) is 120 cm³/mol. The van der Waals surface area contributed by atoms with E-state index in [1.54, 1.807) is 36.7 Å². The van der Waals surface area contributed by atoms with Gasteiger partial charge >= 0.3 is 5.97 Å². The number of rotatable bonds is 6. The molecule has 0 saturated carbocycles. The number of esters is 1. The van der Waals surface area contributed by atoms with Gasteiger partial charge in [0.1, 0.15) is 23.6 Å². The standard InChI is InChI=1S/C25H23N3O4/c29-24(31-21-7-5-20(6-8-21)30-17-18-9-13-26-14-10-18)19-11-15-28(16-12-19)25-27-22-3-1-2-4-23(22)32-25/h1-10,13-14,19H,11-12,15-17H2. The Bertz CT molecular complexity index is 1150. The lowest BCUT2D eigenvalue weighted by Crippen LogP contribution is -2.37. The molecular formula is C25H23N3O4. The van der Waals surface area contributed by atoms with E-state index in [1.165, 1.54) is 0 Å². The summed E-state index contributed by atoms with van der Waals surface area (Å²) < 4.78 is 17.2. The van der Waals surface area contributed by atoms with Gasteiger partial charge in [0.15, 0.2) is 5.58 Å². The van der Waals surface area contributed by atoms with Crippen molar-refractivity contribution in [1.29, 1.82) is 0 Å². The number of aromatic nitrogens is 2. The number of carbonyl (C=O) groups is 1. The number of oxazole rings is 1. The van der Waals surface area contributed by atoms with E-state index < -0.39 is 0 Å². The fourth-order valence-corrected chi connectivity index (χ4v) is 3.75. The second-order valence-corrected chi connectivity index (χ2v) is 7.76. The zero-order chi connectivity index (χ0) is 21.8. The van der Waals surface area contributed by atoms with Crippen molar-refractivity contribution in [2.24, 2.45) is 5.92 Å². The van der Waals surface area contributed by atoms with E-state index in [0.717, 1.165) is 16.7 Å². The number of para-hydroxylation sites is 2. The molecule has 3 heterocycles. The molecule has 0 spiro atoms. The number of carbonyl (C=O) groups excluding carboxylic acids is 1. The monoisotopic (exact) mass is 429 g/mol. The summed E-state index contributed by atoms with van der Waals surface area (Å²) in [5, 5.41) is 0. The summed E-state index contributed by atoms with van der Waals surface area (Å²) in [6, 6.07) is 19.3. The van der Waals surface area contributed by atoms with Gasteiger partial charge in [0.05, 0.1) is 5.92 Å². The number of anilines is 1. The molecule has 0 N–H and O–H groups in total. The number of benzene rings is 2. The van der Waals surface area contributed by atoms with Crippen LogP contribution in [0.4, 0.5) is 6.01 Å². The third-order valence-corrected chi connectivity index (χ3v) is 5.58. The lowest BCUT2D eigenvalue weighted by molar-refractivity contribution is -0.139. The number of piperidine rings is 1. The van der Waals surface area contributed by atoms with E-state index in [1.807, 2.05) is 36.4 Å². The van der Waals surface area contributed by atoms with Crippen molar-refractivity contribution < 1.29 is 18.7 Å². The quantitative estimate of drug-likeness (QED) is 0.327. The maximum atomic E-state index is 12.6. The summed E-state index contributed by atoms with van der Waals surface area (Å²) in [6.45, 7) is 1.86. The van der Waals surface area contributed by atoms with Gasteiger partial charge in [-0.3, -0.25) is 9.78 Å². The lowest BCUT2D eigenvalue weighted by Gasteiger charge is -2.29. The first-order valence-corrected chi connectivity index (χ1v) is 10.7. The van der Waals surface area contributed by atoms with Gasteiger partial charge in [-0.05, 0) is 66.9 Å². The van der Waals surface area contributed by atoms with Crippen molar-refractivity contribution >= 4 is 23.1 Å².